The smallest absolute Gasteiger partial charge is 0.0434 e. The Bertz CT molecular complexity index is 489. The van der Waals surface area contributed by atoms with E-state index < -0.39 is 0 Å². The molecule has 2 aliphatic carbocycles. The van der Waals surface area contributed by atoms with Gasteiger partial charge in [-0.15, -0.1) is 0 Å². The third-order valence-corrected chi connectivity index (χ3v) is 7.35. The van der Waals surface area contributed by atoms with Crippen molar-refractivity contribution in [2.45, 2.75) is 110 Å². The van der Waals surface area contributed by atoms with Gasteiger partial charge in [0.15, 0.2) is 0 Å². The van der Waals surface area contributed by atoms with E-state index in [1.807, 2.05) is 0 Å². The summed E-state index contributed by atoms with van der Waals surface area (Å²) in [5.41, 5.74) is 2.77. The highest BCUT2D eigenvalue weighted by Gasteiger charge is 2.31. The first-order valence-corrected chi connectivity index (χ1v) is 11.7. The molecule has 3 rings (SSSR count). The van der Waals surface area contributed by atoms with Crippen LogP contribution in [0, 0.1) is 17.8 Å². The second-order valence-corrected chi connectivity index (χ2v) is 9.23. The second-order valence-electron chi connectivity index (χ2n) is 9.23. The molecule has 0 aliphatic heterocycles. The number of pyridine rings is 1. The van der Waals surface area contributed by atoms with Crippen LogP contribution < -0.4 is 0 Å². The summed E-state index contributed by atoms with van der Waals surface area (Å²) in [7, 11) is 0. The van der Waals surface area contributed by atoms with E-state index in [1.54, 1.807) is 0 Å². The van der Waals surface area contributed by atoms with E-state index >= 15 is 0 Å². The minimum atomic E-state index is 0.729. The Balaban J connectivity index is 1.40. The fraction of sp³-hybridized carbons (Fsp3) is 0.800. The fourth-order valence-corrected chi connectivity index (χ4v) is 5.63. The molecule has 0 amide bonds. The summed E-state index contributed by atoms with van der Waals surface area (Å²) in [6.45, 7) is 4.57. The Morgan fingerprint density at radius 2 is 1.50 bits per heavy atom. The van der Waals surface area contributed by atoms with Crippen molar-refractivity contribution in [1.82, 2.24) is 4.98 Å². The van der Waals surface area contributed by atoms with Gasteiger partial charge in [0.05, 0.1) is 0 Å². The van der Waals surface area contributed by atoms with Crippen LogP contribution in [0.2, 0.25) is 0 Å². The third-order valence-electron chi connectivity index (χ3n) is 7.35. The summed E-state index contributed by atoms with van der Waals surface area (Å²) in [5.74, 6) is 3.84. The first-order valence-electron chi connectivity index (χ1n) is 11.7. The van der Waals surface area contributed by atoms with E-state index in [9.17, 15) is 0 Å². The average Bonchev–Trinajstić information content (AvgIpc) is 2.70. The van der Waals surface area contributed by atoms with Gasteiger partial charge < -0.3 is 0 Å². The van der Waals surface area contributed by atoms with Gasteiger partial charge in [-0.05, 0) is 74.3 Å². The number of hydrogen-bond donors (Lipinski definition) is 0. The summed E-state index contributed by atoms with van der Waals surface area (Å²) < 4.78 is 0. The monoisotopic (exact) mass is 355 g/mol. The van der Waals surface area contributed by atoms with E-state index in [-0.39, 0.29) is 0 Å². The van der Waals surface area contributed by atoms with Crippen molar-refractivity contribution in [1.29, 1.82) is 0 Å². The standard InChI is InChI=1S/C25H41N/c1-3-5-6-8-20-9-12-22(13-10-20)23-14-16-24(17-15-23)25-18-11-21(7-4-2)19-26-25/h11,18-20,22-24H,3-10,12-17H2,1-2H3/t20-,22-,23?,24?. The van der Waals surface area contributed by atoms with Gasteiger partial charge in [0.1, 0.15) is 0 Å². The Labute approximate surface area is 162 Å². The van der Waals surface area contributed by atoms with Crippen molar-refractivity contribution in [2.24, 2.45) is 17.8 Å². The van der Waals surface area contributed by atoms with Gasteiger partial charge >= 0.3 is 0 Å². The maximum absolute atomic E-state index is 4.80. The lowest BCUT2D eigenvalue weighted by Crippen LogP contribution is -2.25. The molecular weight excluding hydrogens is 314 g/mol. The zero-order valence-corrected chi connectivity index (χ0v) is 17.4. The maximum Gasteiger partial charge on any atom is 0.0434 e. The molecule has 0 saturated heterocycles. The zero-order chi connectivity index (χ0) is 18.2. The number of aromatic nitrogens is 1. The topological polar surface area (TPSA) is 12.9 Å². The summed E-state index contributed by atoms with van der Waals surface area (Å²) in [4.78, 5) is 4.80. The van der Waals surface area contributed by atoms with Crippen LogP contribution in [0.4, 0.5) is 0 Å². The lowest BCUT2D eigenvalue weighted by molar-refractivity contribution is 0.155. The molecule has 1 aromatic rings. The van der Waals surface area contributed by atoms with Crippen LogP contribution in [0.1, 0.15) is 114 Å². The third kappa shape index (κ3) is 5.57. The quantitative estimate of drug-likeness (QED) is 0.435. The minimum Gasteiger partial charge on any atom is -0.261 e. The fourth-order valence-electron chi connectivity index (χ4n) is 5.63. The van der Waals surface area contributed by atoms with Crippen LogP contribution in [0.3, 0.4) is 0 Å². The van der Waals surface area contributed by atoms with Crippen LogP contribution in [-0.2, 0) is 6.42 Å². The Hall–Kier alpha value is -0.850. The molecule has 0 bridgehead atoms. The van der Waals surface area contributed by atoms with Crippen LogP contribution >= 0.6 is 0 Å². The van der Waals surface area contributed by atoms with E-state index in [2.05, 4.69) is 32.2 Å². The number of nitrogens with zero attached hydrogens (tertiary/aromatic N) is 1. The molecule has 146 valence electrons. The van der Waals surface area contributed by atoms with E-state index in [1.165, 1.54) is 101 Å². The van der Waals surface area contributed by atoms with Crippen molar-refractivity contribution < 1.29 is 0 Å². The predicted molar refractivity (Wildman–Crippen MR) is 113 cm³/mol. The molecule has 1 nitrogen and oxygen atoms in total. The van der Waals surface area contributed by atoms with Gasteiger partial charge in [-0.2, -0.15) is 0 Å². The summed E-state index contributed by atoms with van der Waals surface area (Å²) in [5, 5.41) is 0. The van der Waals surface area contributed by atoms with Crippen molar-refractivity contribution in [3.63, 3.8) is 0 Å². The van der Waals surface area contributed by atoms with Crippen LogP contribution in [0.5, 0.6) is 0 Å². The molecule has 2 saturated carbocycles. The van der Waals surface area contributed by atoms with E-state index in [0.29, 0.717) is 0 Å². The molecule has 0 aromatic carbocycles. The molecule has 1 heterocycles. The Kier molecular flexibility index (Phi) is 8.02. The van der Waals surface area contributed by atoms with Crippen LogP contribution in [0.15, 0.2) is 18.3 Å². The van der Waals surface area contributed by atoms with Gasteiger partial charge in [0.2, 0.25) is 0 Å². The number of hydrogen-bond acceptors (Lipinski definition) is 1. The predicted octanol–water partition coefficient (Wildman–Crippen LogP) is 7.69. The molecule has 1 aromatic heterocycles. The van der Waals surface area contributed by atoms with Gasteiger partial charge in [-0.1, -0.05) is 64.9 Å². The van der Waals surface area contributed by atoms with Crippen LogP contribution in [-0.4, -0.2) is 4.98 Å². The van der Waals surface area contributed by atoms with E-state index in [0.717, 1.165) is 23.7 Å². The highest BCUT2D eigenvalue weighted by Crippen LogP contribution is 2.44. The van der Waals surface area contributed by atoms with Crippen LogP contribution in [0.25, 0.3) is 0 Å². The van der Waals surface area contributed by atoms with Gasteiger partial charge in [-0.3, -0.25) is 4.98 Å². The van der Waals surface area contributed by atoms with Gasteiger partial charge in [-0.25, -0.2) is 0 Å². The maximum atomic E-state index is 4.80. The number of unbranched alkanes of at least 4 members (excludes halogenated alkanes) is 2. The highest BCUT2D eigenvalue weighted by molar-refractivity contribution is 5.17. The van der Waals surface area contributed by atoms with Crippen molar-refractivity contribution in [2.75, 3.05) is 0 Å². The number of rotatable bonds is 8. The lowest BCUT2D eigenvalue weighted by atomic mass is 9.68. The molecule has 0 unspecified atom stereocenters. The minimum absolute atomic E-state index is 0.729. The molecule has 2 fully saturated rings. The summed E-state index contributed by atoms with van der Waals surface area (Å²) in [6.07, 6.45) is 22.1. The Morgan fingerprint density at radius 1 is 0.808 bits per heavy atom. The molecule has 2 aliphatic rings. The SMILES string of the molecule is CCCCC[C@H]1CC[C@H](C2CCC(c3ccc(CCC)cn3)CC2)CC1. The highest BCUT2D eigenvalue weighted by atomic mass is 14.7. The molecule has 0 N–H and O–H groups in total. The first-order chi connectivity index (χ1) is 12.8. The normalized spacial score (nSPS) is 29.6. The molecule has 26 heavy (non-hydrogen) atoms. The van der Waals surface area contributed by atoms with Gasteiger partial charge in [0.25, 0.3) is 0 Å². The molecule has 0 atom stereocenters. The Morgan fingerprint density at radius 3 is 2.08 bits per heavy atom. The molecule has 0 radical (unpaired) electrons. The molecule has 1 heteroatoms. The summed E-state index contributed by atoms with van der Waals surface area (Å²) in [6, 6.07) is 4.63. The summed E-state index contributed by atoms with van der Waals surface area (Å²) >= 11 is 0. The van der Waals surface area contributed by atoms with Crippen molar-refractivity contribution in [3.05, 3.63) is 29.6 Å². The van der Waals surface area contributed by atoms with E-state index in [4.69, 9.17) is 4.98 Å². The van der Waals surface area contributed by atoms with Crippen molar-refractivity contribution in [3.8, 4) is 0 Å². The van der Waals surface area contributed by atoms with Crippen molar-refractivity contribution >= 4 is 0 Å². The lowest BCUT2D eigenvalue weighted by Gasteiger charge is -2.38. The second kappa shape index (κ2) is 10.5. The molecule has 0 spiro atoms. The number of aryl methyl sites for hydroxylation is 1. The van der Waals surface area contributed by atoms with Gasteiger partial charge in [0, 0.05) is 17.8 Å². The average molecular weight is 356 g/mol. The molecular formula is C25H41N. The zero-order valence-electron chi connectivity index (χ0n) is 17.4. The largest absolute Gasteiger partial charge is 0.261 e. The first kappa shape index (κ1) is 19.9.